The molecular formula is C28H41N3O2. The number of rotatable bonds is 17. The average molecular weight is 452 g/mol. The van der Waals surface area contributed by atoms with Gasteiger partial charge in [0.25, 0.3) is 5.91 Å². The molecule has 0 fully saturated rings. The van der Waals surface area contributed by atoms with Gasteiger partial charge in [-0.15, -0.1) is 0 Å². The molecule has 3 aromatic rings. The smallest absolute Gasteiger partial charge is 0.286 e. The fourth-order valence-corrected chi connectivity index (χ4v) is 4.43. The van der Waals surface area contributed by atoms with Crippen LogP contribution in [0.3, 0.4) is 0 Å². The summed E-state index contributed by atoms with van der Waals surface area (Å²) in [6.45, 7) is 4.01. The van der Waals surface area contributed by atoms with E-state index >= 15 is 0 Å². The molecule has 0 aliphatic heterocycles. The number of hydrogen-bond donors (Lipinski definition) is 1. The molecule has 5 heteroatoms. The van der Waals surface area contributed by atoms with Crippen LogP contribution < -0.4 is 5.32 Å². The molecule has 0 atom stereocenters. The van der Waals surface area contributed by atoms with Crippen molar-refractivity contribution in [1.82, 2.24) is 14.9 Å². The predicted molar refractivity (Wildman–Crippen MR) is 136 cm³/mol. The summed E-state index contributed by atoms with van der Waals surface area (Å²) in [5.74, 6) is 1.44. The predicted octanol–water partition coefficient (Wildman–Crippen LogP) is 7.30. The minimum absolute atomic E-state index is 0.136. The number of fused-ring (bicyclic) bond motifs is 1. The number of benzene rings is 1. The summed E-state index contributed by atoms with van der Waals surface area (Å²) in [4.78, 5) is 16.8. The second kappa shape index (κ2) is 14.6. The topological polar surface area (TPSA) is 60.1 Å². The molecule has 2 aromatic heterocycles. The van der Waals surface area contributed by atoms with Gasteiger partial charge in [-0.3, -0.25) is 4.79 Å². The van der Waals surface area contributed by atoms with E-state index in [0.29, 0.717) is 12.3 Å². The van der Waals surface area contributed by atoms with Crippen molar-refractivity contribution in [3.8, 4) is 0 Å². The largest absolute Gasteiger partial charge is 0.459 e. The highest BCUT2D eigenvalue weighted by Crippen LogP contribution is 2.19. The molecule has 33 heavy (non-hydrogen) atoms. The van der Waals surface area contributed by atoms with Gasteiger partial charge in [0.05, 0.1) is 17.3 Å². The third kappa shape index (κ3) is 8.38. The van der Waals surface area contributed by atoms with E-state index < -0.39 is 0 Å². The Kier molecular flexibility index (Phi) is 11.1. The van der Waals surface area contributed by atoms with Crippen molar-refractivity contribution in [3.63, 3.8) is 0 Å². The number of furan rings is 1. The van der Waals surface area contributed by atoms with Crippen LogP contribution in [0.4, 0.5) is 0 Å². The van der Waals surface area contributed by atoms with E-state index in [1.54, 1.807) is 12.1 Å². The number of aromatic nitrogens is 2. The number of imidazole rings is 1. The van der Waals surface area contributed by atoms with Gasteiger partial charge in [-0.1, -0.05) is 76.8 Å². The van der Waals surface area contributed by atoms with Crippen LogP contribution in [0.1, 0.15) is 100 Å². The maximum absolute atomic E-state index is 11.9. The molecule has 5 nitrogen and oxygen atoms in total. The van der Waals surface area contributed by atoms with Crippen LogP contribution >= 0.6 is 0 Å². The lowest BCUT2D eigenvalue weighted by Gasteiger charge is -2.10. The number of nitrogens with zero attached hydrogens (tertiary/aromatic N) is 2. The molecule has 3 rings (SSSR count). The zero-order chi connectivity index (χ0) is 23.1. The summed E-state index contributed by atoms with van der Waals surface area (Å²) in [5, 5.41) is 2.92. The molecule has 0 saturated heterocycles. The van der Waals surface area contributed by atoms with Gasteiger partial charge in [0.1, 0.15) is 5.82 Å². The van der Waals surface area contributed by atoms with Crippen molar-refractivity contribution in [2.45, 2.75) is 96.9 Å². The van der Waals surface area contributed by atoms with Crippen molar-refractivity contribution in [3.05, 3.63) is 54.2 Å². The Morgan fingerprint density at radius 3 is 2.36 bits per heavy atom. The second-order valence-corrected chi connectivity index (χ2v) is 9.04. The Hall–Kier alpha value is -2.56. The van der Waals surface area contributed by atoms with Crippen LogP contribution in [-0.2, 0) is 13.0 Å². The van der Waals surface area contributed by atoms with Gasteiger partial charge in [0.15, 0.2) is 5.76 Å². The van der Waals surface area contributed by atoms with E-state index in [-0.39, 0.29) is 5.91 Å². The highest BCUT2D eigenvalue weighted by atomic mass is 16.3. The molecular weight excluding hydrogens is 410 g/mol. The van der Waals surface area contributed by atoms with Crippen LogP contribution in [0.5, 0.6) is 0 Å². The van der Waals surface area contributed by atoms with Gasteiger partial charge < -0.3 is 14.3 Å². The molecule has 0 aliphatic rings. The number of hydrogen-bond acceptors (Lipinski definition) is 3. The second-order valence-electron chi connectivity index (χ2n) is 9.04. The Labute approximate surface area is 199 Å². The molecule has 0 bridgehead atoms. The van der Waals surface area contributed by atoms with E-state index in [1.807, 2.05) is 0 Å². The van der Waals surface area contributed by atoms with Crippen molar-refractivity contribution in [1.29, 1.82) is 0 Å². The quantitative estimate of drug-likeness (QED) is 0.219. The fraction of sp³-hybridized carbons (Fsp3) is 0.571. The summed E-state index contributed by atoms with van der Waals surface area (Å²) in [7, 11) is 0. The summed E-state index contributed by atoms with van der Waals surface area (Å²) in [5.41, 5.74) is 2.37. The summed E-state index contributed by atoms with van der Waals surface area (Å²) in [6, 6.07) is 11.9. The summed E-state index contributed by atoms with van der Waals surface area (Å²) < 4.78 is 7.56. The summed E-state index contributed by atoms with van der Waals surface area (Å²) in [6.07, 6.45) is 17.8. The normalized spacial score (nSPS) is 11.3. The van der Waals surface area contributed by atoms with Gasteiger partial charge in [-0.2, -0.15) is 0 Å². The number of carbonyl (C=O) groups is 1. The molecule has 1 N–H and O–H groups in total. The molecule has 180 valence electrons. The zero-order valence-electron chi connectivity index (χ0n) is 20.4. The zero-order valence-corrected chi connectivity index (χ0v) is 20.4. The van der Waals surface area contributed by atoms with E-state index in [2.05, 4.69) is 41.1 Å². The van der Waals surface area contributed by atoms with Gasteiger partial charge in [0.2, 0.25) is 0 Å². The van der Waals surface area contributed by atoms with Gasteiger partial charge >= 0.3 is 0 Å². The number of carbonyl (C=O) groups excluding carboxylic acids is 1. The van der Waals surface area contributed by atoms with E-state index in [1.165, 1.54) is 75.4 Å². The first-order valence-electron chi connectivity index (χ1n) is 13.1. The van der Waals surface area contributed by atoms with Crippen LogP contribution in [-0.4, -0.2) is 22.0 Å². The Balaban J connectivity index is 1.37. The third-order valence-electron chi connectivity index (χ3n) is 6.33. The highest BCUT2D eigenvalue weighted by molar-refractivity contribution is 5.91. The molecule has 0 aliphatic carbocycles. The molecule has 0 spiro atoms. The lowest BCUT2D eigenvalue weighted by Crippen LogP contribution is -2.23. The first kappa shape index (κ1) is 25.1. The maximum atomic E-state index is 11.9. The van der Waals surface area contributed by atoms with Crippen LogP contribution in [0.2, 0.25) is 0 Å². The van der Waals surface area contributed by atoms with Crippen molar-refractivity contribution in [2.24, 2.45) is 0 Å². The van der Waals surface area contributed by atoms with Crippen LogP contribution in [0, 0.1) is 0 Å². The van der Waals surface area contributed by atoms with Crippen LogP contribution in [0.15, 0.2) is 47.1 Å². The van der Waals surface area contributed by atoms with Crippen molar-refractivity contribution < 1.29 is 9.21 Å². The molecule has 0 saturated carbocycles. The van der Waals surface area contributed by atoms with Gasteiger partial charge in [-0.05, 0) is 43.5 Å². The van der Waals surface area contributed by atoms with E-state index in [0.717, 1.165) is 37.7 Å². The minimum atomic E-state index is -0.136. The number of aryl methyl sites for hydroxylation is 2. The third-order valence-corrected chi connectivity index (χ3v) is 6.33. The minimum Gasteiger partial charge on any atom is -0.459 e. The van der Waals surface area contributed by atoms with Crippen LogP contribution in [0.25, 0.3) is 11.0 Å². The van der Waals surface area contributed by atoms with E-state index in [4.69, 9.17) is 9.40 Å². The van der Waals surface area contributed by atoms with E-state index in [9.17, 15) is 4.79 Å². The SMILES string of the molecule is CCCCCCCCCCCn1c(CCCCCNC(=O)c2ccco2)nc2ccccc21. The number of amides is 1. The standard InChI is InChI=1S/C28H41N3O2/c1-2-3-4-5-6-7-8-9-15-22-31-25-18-13-12-17-24(25)30-27(31)20-11-10-14-21-29-28(32)26-19-16-23-33-26/h12-13,16-19,23H,2-11,14-15,20-22H2,1H3,(H,29,32). The highest BCUT2D eigenvalue weighted by Gasteiger charge is 2.10. The summed E-state index contributed by atoms with van der Waals surface area (Å²) >= 11 is 0. The van der Waals surface area contributed by atoms with Gasteiger partial charge in [0, 0.05) is 19.5 Å². The number of para-hydroxylation sites is 2. The lowest BCUT2D eigenvalue weighted by molar-refractivity contribution is 0.0925. The number of nitrogens with one attached hydrogen (secondary N) is 1. The number of unbranched alkanes of at least 4 members (excludes halogenated alkanes) is 10. The Bertz CT molecular complexity index is 930. The Morgan fingerprint density at radius 1 is 0.879 bits per heavy atom. The molecule has 1 aromatic carbocycles. The molecule has 2 heterocycles. The first-order valence-corrected chi connectivity index (χ1v) is 13.1. The average Bonchev–Trinajstić information content (AvgIpc) is 3.49. The molecule has 1 amide bonds. The fourth-order valence-electron chi connectivity index (χ4n) is 4.43. The molecule has 0 radical (unpaired) electrons. The maximum Gasteiger partial charge on any atom is 0.286 e. The monoisotopic (exact) mass is 451 g/mol. The van der Waals surface area contributed by atoms with Crippen molar-refractivity contribution >= 4 is 16.9 Å². The molecule has 0 unspecified atom stereocenters. The van der Waals surface area contributed by atoms with Gasteiger partial charge in [-0.25, -0.2) is 4.98 Å². The first-order chi connectivity index (χ1) is 16.3. The Morgan fingerprint density at radius 2 is 1.61 bits per heavy atom. The van der Waals surface area contributed by atoms with Crippen molar-refractivity contribution in [2.75, 3.05) is 6.54 Å². The lowest BCUT2D eigenvalue weighted by atomic mass is 10.1.